The monoisotopic (exact) mass is 302 g/mol. The average Bonchev–Trinajstić information content (AvgIpc) is 2.17. The minimum atomic E-state index is 0. The van der Waals surface area contributed by atoms with E-state index in [2.05, 4.69) is 0 Å². The van der Waals surface area contributed by atoms with Gasteiger partial charge in [0.2, 0.25) is 0 Å². The Morgan fingerprint density at radius 2 is 1.06 bits per heavy atom. The second-order valence-electron chi connectivity index (χ2n) is 4.86. The molecule has 2 rings (SSSR count). The van der Waals surface area contributed by atoms with Crippen molar-refractivity contribution in [2.45, 2.75) is 37.9 Å². The predicted molar refractivity (Wildman–Crippen MR) is 79.6 cm³/mol. The summed E-state index contributed by atoms with van der Waals surface area (Å²) in [5.41, 5.74) is 10.8. The molecule has 0 atom stereocenters. The second kappa shape index (κ2) is 11.3. The fourth-order valence-corrected chi connectivity index (χ4v) is 2.12. The number of hydrogen-bond acceptors (Lipinski definition) is 4. The topological polar surface area (TPSA) is 70.5 Å². The first-order valence-corrected chi connectivity index (χ1v) is 6.19. The van der Waals surface area contributed by atoms with Gasteiger partial charge in [-0.3, -0.25) is 0 Å². The van der Waals surface area contributed by atoms with Crippen molar-refractivity contribution in [3.8, 4) is 0 Å². The van der Waals surface area contributed by atoms with Crippen LogP contribution in [0, 0.1) is 11.8 Å². The smallest absolute Gasteiger partial charge is 0.0577 e. The van der Waals surface area contributed by atoms with Crippen LogP contribution in [-0.4, -0.2) is 39.5 Å². The Kier molecular flexibility index (Phi) is 13.0. The van der Waals surface area contributed by atoms with Crippen LogP contribution in [0.4, 0.5) is 0 Å². The molecule has 0 amide bonds. The van der Waals surface area contributed by atoms with E-state index in [1.54, 1.807) is 14.2 Å². The fourth-order valence-electron chi connectivity index (χ4n) is 2.12. The average molecular weight is 303 g/mol. The van der Waals surface area contributed by atoms with Gasteiger partial charge >= 0.3 is 0 Å². The summed E-state index contributed by atoms with van der Waals surface area (Å²) in [5, 5.41) is 0. The molecule has 0 radical (unpaired) electrons. The van der Waals surface area contributed by atoms with E-state index in [1.165, 1.54) is 25.7 Å². The molecule has 0 unspecified atom stereocenters. The maximum atomic E-state index is 5.40. The highest BCUT2D eigenvalue weighted by Gasteiger charge is 2.27. The third-order valence-corrected chi connectivity index (χ3v) is 3.72. The maximum Gasteiger partial charge on any atom is 0.0577 e. The van der Waals surface area contributed by atoms with Crippen LogP contribution in [0.25, 0.3) is 0 Å². The number of ether oxygens (including phenoxy) is 2. The van der Waals surface area contributed by atoms with Crippen molar-refractivity contribution < 1.29 is 9.47 Å². The van der Waals surface area contributed by atoms with E-state index in [-0.39, 0.29) is 24.8 Å². The van der Waals surface area contributed by atoms with Crippen molar-refractivity contribution in [1.29, 1.82) is 0 Å². The molecule has 2 saturated carbocycles. The Balaban J connectivity index is 0. The van der Waals surface area contributed by atoms with Crippen molar-refractivity contribution in [1.82, 2.24) is 0 Å². The number of halogens is 2. The van der Waals surface area contributed by atoms with Gasteiger partial charge < -0.3 is 20.9 Å². The van der Waals surface area contributed by atoms with Gasteiger partial charge in [-0.1, -0.05) is 0 Å². The zero-order valence-corrected chi connectivity index (χ0v) is 13.0. The van der Waals surface area contributed by atoms with Gasteiger partial charge in [-0.2, -0.15) is 0 Å². The molecule has 4 nitrogen and oxygen atoms in total. The van der Waals surface area contributed by atoms with Crippen LogP contribution >= 0.6 is 24.8 Å². The summed E-state index contributed by atoms with van der Waals surface area (Å²) in [5.74, 6) is 1.50. The van der Waals surface area contributed by atoms with Crippen LogP contribution in [0.3, 0.4) is 0 Å². The molecule has 2 fully saturated rings. The lowest BCUT2D eigenvalue weighted by molar-refractivity contribution is 0.00420. The lowest BCUT2D eigenvalue weighted by atomic mass is 9.82. The molecule has 112 valence electrons. The maximum absolute atomic E-state index is 5.40. The first kappa shape index (κ1) is 20.7. The second-order valence-corrected chi connectivity index (χ2v) is 4.86. The van der Waals surface area contributed by atoms with Crippen molar-refractivity contribution in [2.24, 2.45) is 23.3 Å². The van der Waals surface area contributed by atoms with Crippen LogP contribution in [0.2, 0.25) is 0 Å². The van der Waals surface area contributed by atoms with Crippen LogP contribution in [-0.2, 0) is 9.47 Å². The number of rotatable bonds is 4. The third kappa shape index (κ3) is 6.55. The number of hydrogen-bond donors (Lipinski definition) is 2. The normalized spacial score (nSPS) is 32.7. The zero-order chi connectivity index (χ0) is 12.0. The van der Waals surface area contributed by atoms with Gasteiger partial charge in [0.05, 0.1) is 12.2 Å². The van der Waals surface area contributed by atoms with E-state index in [0.717, 1.165) is 24.9 Å². The van der Waals surface area contributed by atoms with E-state index in [0.29, 0.717) is 12.2 Å². The summed E-state index contributed by atoms with van der Waals surface area (Å²) in [4.78, 5) is 0. The highest BCUT2D eigenvalue weighted by atomic mass is 35.5. The Morgan fingerprint density at radius 3 is 1.22 bits per heavy atom. The van der Waals surface area contributed by atoms with Gasteiger partial charge in [-0.15, -0.1) is 24.8 Å². The Bertz CT molecular complexity index is 151. The minimum absolute atomic E-state index is 0. The summed E-state index contributed by atoms with van der Waals surface area (Å²) in [6.07, 6.45) is 5.73. The highest BCUT2D eigenvalue weighted by Crippen LogP contribution is 2.28. The summed E-state index contributed by atoms with van der Waals surface area (Å²) < 4.78 is 10.1. The van der Waals surface area contributed by atoms with E-state index in [9.17, 15) is 0 Å². The van der Waals surface area contributed by atoms with Crippen LogP contribution in [0.5, 0.6) is 0 Å². The molecule has 2 aliphatic rings. The van der Waals surface area contributed by atoms with Gasteiger partial charge in [0.15, 0.2) is 0 Å². The van der Waals surface area contributed by atoms with Gasteiger partial charge in [-0.25, -0.2) is 0 Å². The number of methoxy groups -OCH3 is 2. The largest absolute Gasteiger partial charge is 0.381 e. The Hall–Kier alpha value is 0.420. The molecule has 0 aliphatic heterocycles. The molecule has 0 saturated heterocycles. The Morgan fingerprint density at radius 1 is 0.778 bits per heavy atom. The van der Waals surface area contributed by atoms with Crippen molar-refractivity contribution in [3.63, 3.8) is 0 Å². The quantitative estimate of drug-likeness (QED) is 0.827. The van der Waals surface area contributed by atoms with E-state index >= 15 is 0 Å². The first-order chi connectivity index (χ1) is 7.73. The highest BCUT2D eigenvalue weighted by molar-refractivity contribution is 5.85. The molecule has 6 heteroatoms. The van der Waals surface area contributed by atoms with Gasteiger partial charge in [0, 0.05) is 14.2 Å². The predicted octanol–water partition coefficient (Wildman–Crippen LogP) is 1.58. The molecule has 0 spiro atoms. The first-order valence-electron chi connectivity index (χ1n) is 6.19. The van der Waals surface area contributed by atoms with Crippen molar-refractivity contribution >= 4 is 24.8 Å². The van der Waals surface area contributed by atoms with Gasteiger partial charge in [0.1, 0.15) is 0 Å². The molecule has 0 bridgehead atoms. The number of nitrogens with two attached hydrogens (primary N) is 2. The SMILES string of the molecule is COC1CC(CN)C1.COC1CC(CN)C1.Cl.Cl. The van der Waals surface area contributed by atoms with Crippen molar-refractivity contribution in [3.05, 3.63) is 0 Å². The lowest BCUT2D eigenvalue weighted by Gasteiger charge is -2.32. The summed E-state index contributed by atoms with van der Waals surface area (Å²) in [7, 11) is 3.52. The molecule has 18 heavy (non-hydrogen) atoms. The van der Waals surface area contributed by atoms with Crippen LogP contribution < -0.4 is 11.5 Å². The minimum Gasteiger partial charge on any atom is -0.381 e. The standard InChI is InChI=1S/2C6H13NO.2ClH/c2*1-8-6-2-5(3-6)4-7;;/h2*5-6H,2-4,7H2,1H3;2*1H. The van der Waals surface area contributed by atoms with E-state index < -0.39 is 0 Å². The molecular weight excluding hydrogens is 275 g/mol. The van der Waals surface area contributed by atoms with Crippen LogP contribution in [0.1, 0.15) is 25.7 Å². The zero-order valence-electron chi connectivity index (χ0n) is 11.3. The summed E-state index contributed by atoms with van der Waals surface area (Å²) in [6.45, 7) is 1.67. The molecule has 0 heterocycles. The summed E-state index contributed by atoms with van der Waals surface area (Å²) in [6, 6.07) is 0. The fraction of sp³-hybridized carbons (Fsp3) is 1.00. The van der Waals surface area contributed by atoms with E-state index in [1.807, 2.05) is 0 Å². The molecule has 0 aromatic heterocycles. The van der Waals surface area contributed by atoms with Crippen molar-refractivity contribution in [2.75, 3.05) is 27.3 Å². The molecule has 0 aromatic carbocycles. The van der Waals surface area contributed by atoms with Crippen LogP contribution in [0.15, 0.2) is 0 Å². The molecule has 4 N–H and O–H groups in total. The van der Waals surface area contributed by atoms with Gasteiger partial charge in [-0.05, 0) is 50.6 Å². The van der Waals surface area contributed by atoms with E-state index in [4.69, 9.17) is 20.9 Å². The Labute approximate surface area is 123 Å². The summed E-state index contributed by atoms with van der Waals surface area (Å²) >= 11 is 0. The third-order valence-electron chi connectivity index (χ3n) is 3.72. The molecular formula is C12H28Cl2N2O2. The molecule has 0 aromatic rings. The lowest BCUT2D eigenvalue weighted by Crippen LogP contribution is -2.34. The van der Waals surface area contributed by atoms with Gasteiger partial charge in [0.25, 0.3) is 0 Å². The molecule has 2 aliphatic carbocycles.